The quantitative estimate of drug-likeness (QED) is 0.739. The number of hydrogen-bond acceptors (Lipinski definition) is 2. The molecule has 0 spiro atoms. The number of aromatic nitrogens is 1. The molecule has 1 rings (SSSR count). The first kappa shape index (κ1) is 10.5. The number of hydrogen-bond donors (Lipinski definition) is 0. The molecule has 72 valence electrons. The first-order valence-electron chi connectivity index (χ1n) is 4.60. The normalized spacial score (nSPS) is 10.0. The first-order valence-corrected chi connectivity index (χ1v) is 5.72. The average molecular weight is 243 g/mol. The van der Waals surface area contributed by atoms with Gasteiger partial charge in [-0.05, 0) is 18.6 Å². The van der Waals surface area contributed by atoms with Crippen LogP contribution in [-0.2, 0) is 0 Å². The first-order chi connectivity index (χ1) is 6.38. The topological polar surface area (TPSA) is 16.1 Å². The summed E-state index contributed by atoms with van der Waals surface area (Å²) in [6, 6.07) is 6.03. The third-order valence-corrected chi connectivity index (χ3v) is 2.18. The standard InChI is InChI=1S/C10H15BrN2/c1-2-8-13(9-6-11)10-5-3-4-7-12-10/h3-5,7H,2,6,8-9H2,1H3. The van der Waals surface area contributed by atoms with Crippen molar-refractivity contribution in [2.45, 2.75) is 13.3 Å². The van der Waals surface area contributed by atoms with Gasteiger partial charge in [0.2, 0.25) is 0 Å². The molecule has 0 unspecified atom stereocenters. The average Bonchev–Trinajstić information content (AvgIpc) is 2.19. The molecule has 0 amide bonds. The molecule has 13 heavy (non-hydrogen) atoms. The van der Waals surface area contributed by atoms with Gasteiger partial charge in [0.15, 0.2) is 0 Å². The van der Waals surface area contributed by atoms with Crippen LogP contribution in [0, 0.1) is 0 Å². The van der Waals surface area contributed by atoms with Crippen LogP contribution in [0.2, 0.25) is 0 Å². The van der Waals surface area contributed by atoms with Crippen LogP contribution in [0.3, 0.4) is 0 Å². The molecule has 2 nitrogen and oxygen atoms in total. The number of nitrogens with zero attached hydrogens (tertiary/aromatic N) is 2. The molecule has 3 heteroatoms. The van der Waals surface area contributed by atoms with Gasteiger partial charge in [0, 0.05) is 24.6 Å². The minimum absolute atomic E-state index is 0.990. The smallest absolute Gasteiger partial charge is 0.128 e. The van der Waals surface area contributed by atoms with Gasteiger partial charge >= 0.3 is 0 Å². The van der Waals surface area contributed by atoms with E-state index in [9.17, 15) is 0 Å². The summed E-state index contributed by atoms with van der Waals surface area (Å²) < 4.78 is 0. The van der Waals surface area contributed by atoms with Crippen LogP contribution in [0.5, 0.6) is 0 Å². The SMILES string of the molecule is CCCN(CCBr)c1ccccn1. The van der Waals surface area contributed by atoms with E-state index in [-0.39, 0.29) is 0 Å². The van der Waals surface area contributed by atoms with E-state index in [0.29, 0.717) is 0 Å². The summed E-state index contributed by atoms with van der Waals surface area (Å²) in [7, 11) is 0. The Morgan fingerprint density at radius 1 is 1.38 bits per heavy atom. The van der Waals surface area contributed by atoms with E-state index in [4.69, 9.17) is 0 Å². The van der Waals surface area contributed by atoms with Gasteiger partial charge in [-0.15, -0.1) is 0 Å². The van der Waals surface area contributed by atoms with Crippen LogP contribution in [0.15, 0.2) is 24.4 Å². The summed E-state index contributed by atoms with van der Waals surface area (Å²) >= 11 is 3.45. The molecule has 0 N–H and O–H groups in total. The Bertz CT molecular complexity index is 220. The summed E-state index contributed by atoms with van der Waals surface area (Å²) in [6.45, 7) is 4.28. The lowest BCUT2D eigenvalue weighted by molar-refractivity contribution is 0.784. The summed E-state index contributed by atoms with van der Waals surface area (Å²) in [6.07, 6.45) is 3.00. The van der Waals surface area contributed by atoms with Crippen molar-refractivity contribution in [1.29, 1.82) is 0 Å². The fraction of sp³-hybridized carbons (Fsp3) is 0.500. The van der Waals surface area contributed by atoms with Crippen molar-refractivity contribution in [3.63, 3.8) is 0 Å². The molecule has 0 bridgehead atoms. The fourth-order valence-electron chi connectivity index (χ4n) is 1.25. The Balaban J connectivity index is 2.64. The molecule has 0 aromatic carbocycles. The molecule has 1 aromatic rings. The highest BCUT2D eigenvalue weighted by molar-refractivity contribution is 9.09. The van der Waals surface area contributed by atoms with Crippen LogP contribution in [0.25, 0.3) is 0 Å². The number of rotatable bonds is 5. The molecular formula is C10H15BrN2. The zero-order valence-corrected chi connectivity index (χ0v) is 9.50. The van der Waals surface area contributed by atoms with Crippen LogP contribution in [-0.4, -0.2) is 23.4 Å². The zero-order valence-electron chi connectivity index (χ0n) is 7.91. The van der Waals surface area contributed by atoms with Crippen LogP contribution < -0.4 is 4.90 Å². The van der Waals surface area contributed by atoms with Crippen molar-refractivity contribution in [1.82, 2.24) is 4.98 Å². The second kappa shape index (κ2) is 5.97. The van der Waals surface area contributed by atoms with E-state index in [1.165, 1.54) is 0 Å². The summed E-state index contributed by atoms with van der Waals surface area (Å²) in [5.41, 5.74) is 0. The van der Waals surface area contributed by atoms with E-state index >= 15 is 0 Å². The second-order valence-corrected chi connectivity index (χ2v) is 3.66. The molecular weight excluding hydrogens is 228 g/mol. The molecule has 0 atom stereocenters. The number of anilines is 1. The highest BCUT2D eigenvalue weighted by Crippen LogP contribution is 2.09. The third kappa shape index (κ3) is 3.35. The maximum atomic E-state index is 4.32. The predicted molar refractivity (Wildman–Crippen MR) is 60.5 cm³/mol. The van der Waals surface area contributed by atoms with Crippen molar-refractivity contribution in [2.24, 2.45) is 0 Å². The van der Waals surface area contributed by atoms with E-state index in [2.05, 4.69) is 38.8 Å². The molecule has 0 aliphatic heterocycles. The molecule has 1 aromatic heterocycles. The van der Waals surface area contributed by atoms with Gasteiger partial charge in [0.05, 0.1) is 0 Å². The zero-order chi connectivity index (χ0) is 9.52. The monoisotopic (exact) mass is 242 g/mol. The Labute approximate surface area is 88.1 Å². The molecule has 0 aliphatic rings. The number of alkyl halides is 1. The van der Waals surface area contributed by atoms with Crippen LogP contribution >= 0.6 is 15.9 Å². The predicted octanol–water partition coefficient (Wildman–Crippen LogP) is 2.69. The molecule has 0 radical (unpaired) electrons. The van der Waals surface area contributed by atoms with E-state index in [1.807, 2.05) is 18.3 Å². The fourth-order valence-corrected chi connectivity index (χ4v) is 1.68. The highest BCUT2D eigenvalue weighted by Gasteiger charge is 2.03. The van der Waals surface area contributed by atoms with Crippen molar-refractivity contribution in [3.05, 3.63) is 24.4 Å². The third-order valence-electron chi connectivity index (χ3n) is 1.82. The lowest BCUT2D eigenvalue weighted by atomic mass is 10.3. The minimum Gasteiger partial charge on any atom is -0.356 e. The number of pyridine rings is 1. The lowest BCUT2D eigenvalue weighted by Gasteiger charge is -2.21. The molecule has 0 aliphatic carbocycles. The van der Waals surface area contributed by atoms with Crippen LogP contribution in [0.4, 0.5) is 5.82 Å². The van der Waals surface area contributed by atoms with E-state index < -0.39 is 0 Å². The largest absolute Gasteiger partial charge is 0.356 e. The maximum Gasteiger partial charge on any atom is 0.128 e. The van der Waals surface area contributed by atoms with Gasteiger partial charge in [-0.1, -0.05) is 28.9 Å². The highest BCUT2D eigenvalue weighted by atomic mass is 79.9. The minimum atomic E-state index is 0.990. The van der Waals surface area contributed by atoms with Crippen LogP contribution in [0.1, 0.15) is 13.3 Å². The molecule has 0 saturated heterocycles. The summed E-state index contributed by atoms with van der Waals surface area (Å²) in [5, 5.41) is 0.990. The van der Waals surface area contributed by atoms with Gasteiger partial charge in [0.25, 0.3) is 0 Å². The molecule has 1 heterocycles. The maximum absolute atomic E-state index is 4.32. The van der Waals surface area contributed by atoms with Crippen molar-refractivity contribution in [3.8, 4) is 0 Å². The van der Waals surface area contributed by atoms with Gasteiger partial charge < -0.3 is 4.90 Å². The van der Waals surface area contributed by atoms with Gasteiger partial charge in [-0.2, -0.15) is 0 Å². The van der Waals surface area contributed by atoms with Gasteiger partial charge in [-0.25, -0.2) is 4.98 Å². The molecule has 0 fully saturated rings. The summed E-state index contributed by atoms with van der Waals surface area (Å²) in [5.74, 6) is 1.07. The Hall–Kier alpha value is -0.570. The van der Waals surface area contributed by atoms with E-state index in [0.717, 1.165) is 30.7 Å². The van der Waals surface area contributed by atoms with Crippen molar-refractivity contribution >= 4 is 21.7 Å². The van der Waals surface area contributed by atoms with E-state index in [1.54, 1.807) is 0 Å². The Morgan fingerprint density at radius 2 is 2.23 bits per heavy atom. The summed E-state index contributed by atoms with van der Waals surface area (Å²) in [4.78, 5) is 6.61. The Kier molecular flexibility index (Phi) is 4.83. The van der Waals surface area contributed by atoms with Gasteiger partial charge in [0.1, 0.15) is 5.82 Å². The lowest BCUT2D eigenvalue weighted by Crippen LogP contribution is -2.26. The number of halogens is 1. The van der Waals surface area contributed by atoms with Crippen molar-refractivity contribution < 1.29 is 0 Å². The second-order valence-electron chi connectivity index (χ2n) is 2.86. The van der Waals surface area contributed by atoms with Gasteiger partial charge in [-0.3, -0.25) is 0 Å². The Morgan fingerprint density at radius 3 is 2.77 bits per heavy atom. The van der Waals surface area contributed by atoms with Crippen molar-refractivity contribution in [2.75, 3.05) is 23.3 Å². The molecule has 0 saturated carbocycles.